The number of nitrogens with zero attached hydrogens (tertiary/aromatic N) is 2. The van der Waals surface area contributed by atoms with Crippen molar-refractivity contribution in [2.45, 2.75) is 24.2 Å². The van der Waals surface area contributed by atoms with Crippen molar-refractivity contribution in [3.05, 3.63) is 76.8 Å². The molecule has 1 spiro atoms. The van der Waals surface area contributed by atoms with Gasteiger partial charge in [-0.2, -0.15) is 5.26 Å². The molecular weight excluding hydrogens is 414 g/mol. The van der Waals surface area contributed by atoms with Gasteiger partial charge in [0.25, 0.3) is 0 Å². The first-order chi connectivity index (χ1) is 15.4. The third-order valence-electron chi connectivity index (χ3n) is 6.17. The zero-order chi connectivity index (χ0) is 22.6. The molecule has 2 aromatic rings. The number of benzene rings is 1. The molecular formula is C23H17N3O6. The van der Waals surface area contributed by atoms with E-state index in [1.165, 1.54) is 6.26 Å². The molecule has 0 bridgehead atoms. The number of carbonyl (C=O) groups is 3. The molecule has 2 atom stereocenters. The first-order valence-corrected chi connectivity index (χ1v) is 9.91. The van der Waals surface area contributed by atoms with E-state index in [4.69, 9.17) is 14.9 Å². The number of allylic oxidation sites excluding steroid dienone is 1. The number of carboxylic acids is 1. The largest absolute Gasteiger partial charge is 0.480 e. The fraction of sp³-hybridized carbons (Fsp3) is 0.217. The lowest BCUT2D eigenvalue weighted by Crippen LogP contribution is -2.50. The van der Waals surface area contributed by atoms with Gasteiger partial charge in [0.1, 0.15) is 35.1 Å². The number of para-hydroxylation sites is 1. The van der Waals surface area contributed by atoms with Gasteiger partial charge in [0.05, 0.1) is 11.8 Å². The van der Waals surface area contributed by atoms with Crippen molar-refractivity contribution in [3.8, 4) is 6.07 Å². The number of rotatable bonds is 3. The Morgan fingerprint density at radius 1 is 1.25 bits per heavy atom. The number of ketones is 1. The molecule has 1 amide bonds. The molecule has 0 radical (unpaired) electrons. The van der Waals surface area contributed by atoms with Crippen LogP contribution in [-0.4, -0.2) is 29.3 Å². The SMILES string of the molecule is N#CC1=C(N)OC2=C(C(=O)C[C@@H](c3ccco3)C2)[C@]12C(=O)N(CC(=O)O)c1ccccc12. The average molecular weight is 431 g/mol. The Labute approximate surface area is 182 Å². The highest BCUT2D eigenvalue weighted by Gasteiger charge is 2.62. The van der Waals surface area contributed by atoms with E-state index in [1.54, 1.807) is 36.4 Å². The molecule has 9 heteroatoms. The van der Waals surface area contributed by atoms with E-state index in [9.17, 15) is 24.8 Å². The van der Waals surface area contributed by atoms with Crippen LogP contribution in [0, 0.1) is 11.3 Å². The van der Waals surface area contributed by atoms with Gasteiger partial charge in [-0.15, -0.1) is 0 Å². The molecule has 160 valence electrons. The number of hydrogen-bond donors (Lipinski definition) is 2. The number of anilines is 1. The average Bonchev–Trinajstić information content (AvgIpc) is 3.37. The van der Waals surface area contributed by atoms with Crippen molar-refractivity contribution in [1.29, 1.82) is 5.26 Å². The molecule has 9 nitrogen and oxygen atoms in total. The zero-order valence-corrected chi connectivity index (χ0v) is 16.7. The highest BCUT2D eigenvalue weighted by Crippen LogP contribution is 2.56. The molecule has 3 N–H and O–H groups in total. The lowest BCUT2D eigenvalue weighted by molar-refractivity contribution is -0.136. The summed E-state index contributed by atoms with van der Waals surface area (Å²) in [6, 6.07) is 11.9. The first kappa shape index (κ1) is 19.6. The number of amides is 1. The molecule has 3 aliphatic rings. The molecule has 0 saturated carbocycles. The number of fused-ring (bicyclic) bond motifs is 3. The zero-order valence-electron chi connectivity index (χ0n) is 16.7. The van der Waals surface area contributed by atoms with Crippen molar-refractivity contribution < 1.29 is 28.6 Å². The van der Waals surface area contributed by atoms with Crippen molar-refractivity contribution in [2.24, 2.45) is 5.73 Å². The third kappa shape index (κ3) is 2.46. The monoisotopic (exact) mass is 431 g/mol. The normalized spacial score (nSPS) is 24.3. The quantitative estimate of drug-likeness (QED) is 0.751. The second-order valence-electron chi connectivity index (χ2n) is 7.85. The topological polar surface area (TPSA) is 147 Å². The number of nitriles is 1. The minimum absolute atomic E-state index is 0.0383. The number of furan rings is 1. The van der Waals surface area contributed by atoms with E-state index in [0.29, 0.717) is 17.0 Å². The Morgan fingerprint density at radius 3 is 2.72 bits per heavy atom. The molecule has 3 heterocycles. The summed E-state index contributed by atoms with van der Waals surface area (Å²) < 4.78 is 11.2. The molecule has 1 aliphatic carbocycles. The van der Waals surface area contributed by atoms with Crippen LogP contribution in [0.1, 0.15) is 30.1 Å². The minimum atomic E-state index is -1.84. The summed E-state index contributed by atoms with van der Waals surface area (Å²) in [6.07, 6.45) is 1.80. The number of nitrogens with two attached hydrogens (primary N) is 1. The fourth-order valence-electron chi connectivity index (χ4n) is 4.98. The Balaban J connectivity index is 1.77. The van der Waals surface area contributed by atoms with Gasteiger partial charge in [0, 0.05) is 30.0 Å². The Bertz CT molecular complexity index is 1280. The molecule has 1 aromatic carbocycles. The number of Topliss-reactive ketones (excluding diaryl/α,β-unsaturated/α-hetero) is 1. The molecule has 0 saturated heterocycles. The summed E-state index contributed by atoms with van der Waals surface area (Å²) in [5, 5.41) is 19.4. The number of aliphatic carboxylic acids is 1. The van der Waals surface area contributed by atoms with E-state index >= 15 is 0 Å². The van der Waals surface area contributed by atoms with Gasteiger partial charge < -0.3 is 20.0 Å². The van der Waals surface area contributed by atoms with Crippen molar-refractivity contribution in [1.82, 2.24) is 0 Å². The van der Waals surface area contributed by atoms with E-state index in [1.807, 2.05) is 6.07 Å². The van der Waals surface area contributed by atoms with E-state index in [-0.39, 0.29) is 47.3 Å². The van der Waals surface area contributed by atoms with Crippen LogP contribution in [0.4, 0.5) is 5.69 Å². The van der Waals surface area contributed by atoms with Gasteiger partial charge in [-0.1, -0.05) is 18.2 Å². The number of hydrogen-bond acceptors (Lipinski definition) is 7. The Hall–Kier alpha value is -4.32. The molecule has 5 rings (SSSR count). The number of ether oxygens (including phenoxy) is 1. The van der Waals surface area contributed by atoms with Gasteiger partial charge in [0.2, 0.25) is 11.8 Å². The van der Waals surface area contributed by atoms with Gasteiger partial charge in [-0.3, -0.25) is 19.3 Å². The van der Waals surface area contributed by atoms with Gasteiger partial charge in [0.15, 0.2) is 5.78 Å². The van der Waals surface area contributed by atoms with Crippen LogP contribution in [-0.2, 0) is 24.5 Å². The first-order valence-electron chi connectivity index (χ1n) is 9.91. The van der Waals surface area contributed by atoms with Crippen molar-refractivity contribution in [3.63, 3.8) is 0 Å². The van der Waals surface area contributed by atoms with Gasteiger partial charge in [-0.25, -0.2) is 0 Å². The van der Waals surface area contributed by atoms with Crippen LogP contribution < -0.4 is 10.6 Å². The predicted octanol–water partition coefficient (Wildman–Crippen LogP) is 2.07. The number of carboxylic acid groups (broad SMARTS) is 1. The van der Waals surface area contributed by atoms with Crippen molar-refractivity contribution >= 4 is 23.3 Å². The Kier molecular flexibility index (Phi) is 4.20. The second kappa shape index (κ2) is 6.85. The molecule has 1 aromatic heterocycles. The maximum absolute atomic E-state index is 13.9. The second-order valence-corrected chi connectivity index (χ2v) is 7.85. The Morgan fingerprint density at radius 2 is 2.03 bits per heavy atom. The third-order valence-corrected chi connectivity index (χ3v) is 6.17. The minimum Gasteiger partial charge on any atom is -0.480 e. The molecule has 32 heavy (non-hydrogen) atoms. The fourth-order valence-corrected chi connectivity index (χ4v) is 4.98. The van der Waals surface area contributed by atoms with Crippen LogP contribution in [0.3, 0.4) is 0 Å². The standard InChI is InChI=1S/C23H17N3O6/c24-10-14-21(25)32-18-9-12(17-6-3-7-31-17)8-16(27)20(18)23(14)13-4-1-2-5-15(13)26(22(23)30)11-19(28)29/h1-7,12H,8-9,11,25H2,(H,28,29)/t12-,23-/m1/s1. The summed E-state index contributed by atoms with van der Waals surface area (Å²) in [5.74, 6) is -2.11. The smallest absolute Gasteiger partial charge is 0.323 e. The van der Waals surface area contributed by atoms with E-state index in [0.717, 1.165) is 4.90 Å². The summed E-state index contributed by atoms with van der Waals surface area (Å²) in [4.78, 5) is 40.0. The van der Waals surface area contributed by atoms with Crippen LogP contribution in [0.15, 0.2) is 69.9 Å². The lowest BCUT2D eigenvalue weighted by Gasteiger charge is -2.38. The number of carbonyl (C=O) groups excluding carboxylic acids is 2. The van der Waals surface area contributed by atoms with Crippen LogP contribution in [0.2, 0.25) is 0 Å². The summed E-state index contributed by atoms with van der Waals surface area (Å²) in [7, 11) is 0. The summed E-state index contributed by atoms with van der Waals surface area (Å²) >= 11 is 0. The highest BCUT2D eigenvalue weighted by atomic mass is 16.5. The summed E-state index contributed by atoms with van der Waals surface area (Å²) in [5.41, 5.74) is 4.74. The van der Waals surface area contributed by atoms with Gasteiger partial charge >= 0.3 is 5.97 Å². The van der Waals surface area contributed by atoms with Crippen LogP contribution in [0.5, 0.6) is 0 Å². The van der Waals surface area contributed by atoms with E-state index in [2.05, 4.69) is 0 Å². The maximum atomic E-state index is 13.9. The lowest BCUT2D eigenvalue weighted by atomic mass is 9.64. The van der Waals surface area contributed by atoms with Gasteiger partial charge in [-0.05, 0) is 18.2 Å². The maximum Gasteiger partial charge on any atom is 0.323 e. The van der Waals surface area contributed by atoms with Crippen LogP contribution in [0.25, 0.3) is 0 Å². The van der Waals surface area contributed by atoms with Crippen LogP contribution >= 0.6 is 0 Å². The predicted molar refractivity (Wildman–Crippen MR) is 109 cm³/mol. The molecule has 0 unspecified atom stereocenters. The highest BCUT2D eigenvalue weighted by molar-refractivity contribution is 6.21. The van der Waals surface area contributed by atoms with E-state index < -0.39 is 23.8 Å². The molecule has 2 aliphatic heterocycles. The molecule has 0 fully saturated rings. The summed E-state index contributed by atoms with van der Waals surface area (Å²) in [6.45, 7) is -0.622. The van der Waals surface area contributed by atoms with Crippen molar-refractivity contribution in [2.75, 3.05) is 11.4 Å².